The maximum Gasteiger partial charge on any atom is 0.422 e. The normalized spacial score (nSPS) is 22.1. The SMILES string of the molecule is COc1ccc(C(=O)NC2(C(F)(F)F)C(=O)N=C3C2C(=O)NC(=O)N3c2ccc(C)cc2)cc1. The predicted molar refractivity (Wildman–Crippen MR) is 112 cm³/mol. The van der Waals surface area contributed by atoms with Gasteiger partial charge in [-0.05, 0) is 43.3 Å². The number of amidine groups is 1. The molecule has 2 aromatic carbocycles. The van der Waals surface area contributed by atoms with Gasteiger partial charge in [-0.25, -0.2) is 9.69 Å². The average Bonchev–Trinajstić information content (AvgIpc) is 3.08. The Morgan fingerprint density at radius 2 is 1.71 bits per heavy atom. The highest BCUT2D eigenvalue weighted by Crippen LogP contribution is 2.44. The Balaban J connectivity index is 1.79. The van der Waals surface area contributed by atoms with E-state index in [1.54, 1.807) is 24.4 Å². The zero-order valence-electron chi connectivity index (χ0n) is 17.8. The fourth-order valence-corrected chi connectivity index (χ4v) is 3.82. The highest BCUT2D eigenvalue weighted by atomic mass is 19.4. The molecule has 0 aromatic heterocycles. The molecule has 5 amide bonds. The van der Waals surface area contributed by atoms with Crippen molar-refractivity contribution < 1.29 is 37.1 Å². The van der Waals surface area contributed by atoms with Gasteiger partial charge in [0.2, 0.25) is 11.4 Å². The second kappa shape index (κ2) is 7.97. The van der Waals surface area contributed by atoms with Gasteiger partial charge in [0.05, 0.1) is 12.8 Å². The smallest absolute Gasteiger partial charge is 0.422 e. The van der Waals surface area contributed by atoms with Crippen LogP contribution in [0.1, 0.15) is 15.9 Å². The molecule has 2 N–H and O–H groups in total. The van der Waals surface area contributed by atoms with Crippen molar-refractivity contribution in [3.8, 4) is 5.75 Å². The third-order valence-corrected chi connectivity index (χ3v) is 5.57. The largest absolute Gasteiger partial charge is 0.497 e. The van der Waals surface area contributed by atoms with Crippen molar-refractivity contribution in [1.29, 1.82) is 0 Å². The number of nitrogens with one attached hydrogen (secondary N) is 2. The van der Waals surface area contributed by atoms with Crippen LogP contribution in [-0.2, 0) is 9.59 Å². The third kappa shape index (κ3) is 3.47. The average molecular weight is 474 g/mol. The van der Waals surface area contributed by atoms with Crippen LogP contribution in [0.25, 0.3) is 0 Å². The van der Waals surface area contributed by atoms with Crippen LogP contribution in [0.3, 0.4) is 0 Å². The van der Waals surface area contributed by atoms with Crippen molar-refractivity contribution in [1.82, 2.24) is 10.6 Å². The monoisotopic (exact) mass is 474 g/mol. The summed E-state index contributed by atoms with van der Waals surface area (Å²) in [4.78, 5) is 54.9. The summed E-state index contributed by atoms with van der Waals surface area (Å²) in [5.74, 6) is -7.20. The number of aryl methyl sites for hydroxylation is 1. The zero-order valence-corrected chi connectivity index (χ0v) is 17.8. The van der Waals surface area contributed by atoms with E-state index in [1.165, 1.54) is 43.5 Å². The molecule has 0 aliphatic carbocycles. The van der Waals surface area contributed by atoms with E-state index in [2.05, 4.69) is 4.99 Å². The van der Waals surface area contributed by atoms with Crippen LogP contribution in [0.2, 0.25) is 0 Å². The highest BCUT2D eigenvalue weighted by molar-refractivity contribution is 6.35. The molecule has 2 aromatic rings. The second-order valence-corrected chi connectivity index (χ2v) is 7.66. The first-order valence-electron chi connectivity index (χ1n) is 9.87. The fourth-order valence-electron chi connectivity index (χ4n) is 3.82. The number of hydrogen-bond donors (Lipinski definition) is 2. The number of fused-ring (bicyclic) bond motifs is 1. The van der Waals surface area contributed by atoms with Crippen LogP contribution in [0.5, 0.6) is 5.75 Å². The summed E-state index contributed by atoms with van der Waals surface area (Å²) in [6.45, 7) is 1.76. The Morgan fingerprint density at radius 1 is 1.09 bits per heavy atom. The number of carbonyl (C=O) groups excluding carboxylic acids is 4. The second-order valence-electron chi connectivity index (χ2n) is 7.66. The van der Waals surface area contributed by atoms with Crippen LogP contribution < -0.4 is 20.3 Å². The van der Waals surface area contributed by atoms with Gasteiger partial charge in [-0.15, -0.1) is 0 Å². The molecular formula is C22H17F3N4O5. The van der Waals surface area contributed by atoms with E-state index in [0.29, 0.717) is 5.75 Å². The molecule has 0 bridgehead atoms. The van der Waals surface area contributed by atoms with Crippen LogP contribution in [-0.4, -0.2) is 48.4 Å². The van der Waals surface area contributed by atoms with Gasteiger partial charge in [0, 0.05) is 5.56 Å². The first-order valence-corrected chi connectivity index (χ1v) is 9.87. The zero-order chi connectivity index (χ0) is 24.8. The Kier molecular flexibility index (Phi) is 5.38. The van der Waals surface area contributed by atoms with Crippen molar-refractivity contribution in [2.45, 2.75) is 18.6 Å². The molecule has 0 spiro atoms. The highest BCUT2D eigenvalue weighted by Gasteiger charge is 2.74. The maximum absolute atomic E-state index is 14.5. The molecule has 1 fully saturated rings. The van der Waals surface area contributed by atoms with Gasteiger partial charge < -0.3 is 10.1 Å². The minimum atomic E-state index is -5.43. The molecule has 9 nitrogen and oxygen atoms in total. The Hall–Kier alpha value is -4.22. The Morgan fingerprint density at radius 3 is 2.26 bits per heavy atom. The first-order chi connectivity index (χ1) is 16.0. The number of hydrogen-bond acceptors (Lipinski definition) is 5. The van der Waals surface area contributed by atoms with Crippen LogP contribution in [0, 0.1) is 12.8 Å². The van der Waals surface area contributed by atoms with Gasteiger partial charge in [-0.3, -0.25) is 19.7 Å². The third-order valence-electron chi connectivity index (χ3n) is 5.57. The molecule has 2 heterocycles. The number of alkyl halides is 3. The summed E-state index contributed by atoms with van der Waals surface area (Å²) < 4.78 is 48.4. The number of methoxy groups -OCH3 is 1. The molecule has 34 heavy (non-hydrogen) atoms. The maximum atomic E-state index is 14.5. The minimum absolute atomic E-state index is 0.0894. The molecule has 0 saturated carbocycles. The fraction of sp³-hybridized carbons (Fsp3) is 0.227. The van der Waals surface area contributed by atoms with Gasteiger partial charge in [0.1, 0.15) is 17.5 Å². The van der Waals surface area contributed by atoms with Crippen molar-refractivity contribution >= 4 is 35.3 Å². The molecule has 2 atom stereocenters. The summed E-state index contributed by atoms with van der Waals surface area (Å²) >= 11 is 0. The number of aliphatic imine (C=N–C) groups is 1. The van der Waals surface area contributed by atoms with Gasteiger partial charge in [-0.2, -0.15) is 18.2 Å². The lowest BCUT2D eigenvalue weighted by Gasteiger charge is -2.39. The number of imide groups is 1. The van der Waals surface area contributed by atoms with Crippen molar-refractivity contribution in [2.24, 2.45) is 10.9 Å². The number of carbonyl (C=O) groups is 4. The molecule has 12 heteroatoms. The Bertz CT molecular complexity index is 1220. The summed E-state index contributed by atoms with van der Waals surface area (Å²) in [6, 6.07) is 10.1. The molecule has 2 unspecified atom stereocenters. The number of benzene rings is 2. The molecule has 2 aliphatic heterocycles. The summed E-state index contributed by atoms with van der Waals surface area (Å²) in [5.41, 5.74) is -3.04. The van der Waals surface area contributed by atoms with E-state index in [1.807, 2.05) is 5.32 Å². The van der Waals surface area contributed by atoms with Gasteiger partial charge in [0.25, 0.3) is 11.8 Å². The van der Waals surface area contributed by atoms with Gasteiger partial charge in [0.15, 0.2) is 0 Å². The summed E-state index contributed by atoms with van der Waals surface area (Å²) in [7, 11) is 1.37. The van der Waals surface area contributed by atoms with E-state index in [9.17, 15) is 32.3 Å². The van der Waals surface area contributed by atoms with Crippen LogP contribution >= 0.6 is 0 Å². The molecule has 4 rings (SSSR count). The number of ether oxygens (including phenoxy) is 1. The molecular weight excluding hydrogens is 457 g/mol. The van der Waals surface area contributed by atoms with E-state index >= 15 is 0 Å². The minimum Gasteiger partial charge on any atom is -0.497 e. The van der Waals surface area contributed by atoms with E-state index in [0.717, 1.165) is 10.5 Å². The lowest BCUT2D eigenvalue weighted by atomic mass is 9.81. The number of urea groups is 1. The lowest BCUT2D eigenvalue weighted by molar-refractivity contribution is -0.201. The first kappa shape index (κ1) is 23.0. The van der Waals surface area contributed by atoms with E-state index in [-0.39, 0.29) is 11.3 Å². The quantitative estimate of drug-likeness (QED) is 0.706. The molecule has 0 radical (unpaired) electrons. The predicted octanol–water partition coefficient (Wildman–Crippen LogP) is 2.35. The standard InChI is InChI=1S/C22H17F3N4O5/c1-11-3-7-13(8-4-11)29-16-15(18(31)27-20(29)33)21(19(32)26-16,22(23,24)25)28-17(30)12-5-9-14(34-2)10-6-12/h3-10,15H,1-2H3,(H,28,30)(H,27,31,33). The number of rotatable bonds is 4. The van der Waals surface area contributed by atoms with Crippen LogP contribution in [0.15, 0.2) is 53.5 Å². The Labute approximate surface area is 190 Å². The summed E-state index contributed by atoms with van der Waals surface area (Å²) in [5, 5.41) is 3.53. The number of anilines is 1. The van der Waals surface area contributed by atoms with E-state index < -0.39 is 47.2 Å². The lowest BCUT2D eigenvalue weighted by Crippen LogP contribution is -2.72. The molecule has 1 saturated heterocycles. The van der Waals surface area contributed by atoms with E-state index in [4.69, 9.17) is 4.74 Å². The number of nitrogens with zero attached hydrogens (tertiary/aromatic N) is 2. The summed E-state index contributed by atoms with van der Waals surface area (Å²) in [6.07, 6.45) is -5.43. The van der Waals surface area contributed by atoms with Crippen LogP contribution in [0.4, 0.5) is 23.7 Å². The molecule has 2 aliphatic rings. The van der Waals surface area contributed by atoms with Gasteiger partial charge in [-0.1, -0.05) is 17.7 Å². The van der Waals surface area contributed by atoms with Crippen molar-refractivity contribution in [3.63, 3.8) is 0 Å². The van der Waals surface area contributed by atoms with Crippen molar-refractivity contribution in [2.75, 3.05) is 12.0 Å². The number of amides is 5. The topological polar surface area (TPSA) is 117 Å². The van der Waals surface area contributed by atoms with Gasteiger partial charge >= 0.3 is 12.2 Å². The molecule has 176 valence electrons. The van der Waals surface area contributed by atoms with Crippen molar-refractivity contribution in [3.05, 3.63) is 59.7 Å². The number of halogens is 3.